The van der Waals surface area contributed by atoms with Crippen LogP contribution in [0.25, 0.3) is 0 Å². The van der Waals surface area contributed by atoms with Crippen LogP contribution in [0, 0.1) is 0 Å². The molecule has 1 fully saturated rings. The highest BCUT2D eigenvalue weighted by atomic mass is 79.9. The molecular formula is C12H20BrN3S2. The predicted molar refractivity (Wildman–Crippen MR) is 85.5 cm³/mol. The third kappa shape index (κ3) is 3.08. The van der Waals surface area contributed by atoms with Gasteiger partial charge < -0.3 is 5.32 Å². The summed E-state index contributed by atoms with van der Waals surface area (Å²) in [5.74, 6) is 2.52. The number of aromatic nitrogens is 2. The van der Waals surface area contributed by atoms with Gasteiger partial charge in [-0.2, -0.15) is 28.6 Å². The Morgan fingerprint density at radius 1 is 1.56 bits per heavy atom. The molecule has 3 unspecified atom stereocenters. The van der Waals surface area contributed by atoms with Crippen molar-refractivity contribution in [3.05, 3.63) is 16.4 Å². The van der Waals surface area contributed by atoms with Gasteiger partial charge in [0, 0.05) is 29.1 Å². The number of hydrogen-bond acceptors (Lipinski definition) is 4. The van der Waals surface area contributed by atoms with Crippen molar-refractivity contribution < 1.29 is 0 Å². The highest BCUT2D eigenvalue weighted by molar-refractivity contribution is 9.10. The molecular weight excluding hydrogens is 330 g/mol. The Morgan fingerprint density at radius 2 is 2.28 bits per heavy atom. The molecule has 0 amide bonds. The van der Waals surface area contributed by atoms with Crippen molar-refractivity contribution in [3.63, 3.8) is 0 Å². The third-order valence-corrected chi connectivity index (χ3v) is 7.03. The number of nitrogens with zero attached hydrogens (tertiary/aromatic N) is 2. The zero-order valence-corrected chi connectivity index (χ0v) is 14.2. The Bertz CT molecular complexity index is 377. The molecule has 3 nitrogen and oxygen atoms in total. The molecule has 0 spiro atoms. The lowest BCUT2D eigenvalue weighted by molar-refractivity contribution is 0.488. The van der Waals surface area contributed by atoms with Crippen LogP contribution in [-0.2, 0) is 7.05 Å². The van der Waals surface area contributed by atoms with Gasteiger partial charge in [0.2, 0.25) is 0 Å². The summed E-state index contributed by atoms with van der Waals surface area (Å²) in [7, 11) is 2.02. The Balaban J connectivity index is 2.27. The second-order valence-corrected chi connectivity index (χ2v) is 8.07. The number of rotatable bonds is 4. The van der Waals surface area contributed by atoms with Gasteiger partial charge in [0.05, 0.1) is 22.4 Å². The number of nitrogens with one attached hydrogen (secondary N) is 1. The van der Waals surface area contributed by atoms with Crippen molar-refractivity contribution in [2.45, 2.75) is 30.4 Å². The Morgan fingerprint density at radius 3 is 2.83 bits per heavy atom. The fourth-order valence-electron chi connectivity index (χ4n) is 2.37. The highest BCUT2D eigenvalue weighted by Crippen LogP contribution is 2.40. The standard InChI is InChI=1S/C12H20BrN3S2/c1-4-14-10(11-9(13)7-15-16(11)3)12-8(2)17-5-6-18-12/h7-8,10,12,14H,4-6H2,1-3H3. The van der Waals surface area contributed by atoms with Crippen LogP contribution < -0.4 is 5.32 Å². The fraction of sp³-hybridized carbons (Fsp3) is 0.750. The van der Waals surface area contributed by atoms with Crippen LogP contribution in [-0.4, -0.2) is 38.3 Å². The zero-order chi connectivity index (χ0) is 13.1. The largest absolute Gasteiger partial charge is 0.308 e. The lowest BCUT2D eigenvalue weighted by Crippen LogP contribution is -2.39. The Kier molecular flexibility index (Phi) is 5.47. The summed E-state index contributed by atoms with van der Waals surface area (Å²) in [4.78, 5) is 0. The molecule has 0 saturated carbocycles. The first-order chi connectivity index (χ1) is 8.65. The van der Waals surface area contributed by atoms with Gasteiger partial charge in [0.1, 0.15) is 0 Å². The van der Waals surface area contributed by atoms with E-state index in [1.807, 2.05) is 17.9 Å². The second kappa shape index (κ2) is 6.68. The summed E-state index contributed by atoms with van der Waals surface area (Å²) >= 11 is 7.81. The van der Waals surface area contributed by atoms with Crippen molar-refractivity contribution in [1.82, 2.24) is 15.1 Å². The molecule has 0 aliphatic carbocycles. The van der Waals surface area contributed by atoms with E-state index in [0.717, 1.165) is 11.0 Å². The lowest BCUT2D eigenvalue weighted by Gasteiger charge is -2.35. The first-order valence-corrected chi connectivity index (χ1v) is 9.18. The fourth-order valence-corrected chi connectivity index (χ4v) is 5.89. The smallest absolute Gasteiger partial charge is 0.0704 e. The van der Waals surface area contributed by atoms with E-state index in [9.17, 15) is 0 Å². The van der Waals surface area contributed by atoms with E-state index in [4.69, 9.17) is 0 Å². The van der Waals surface area contributed by atoms with Crippen LogP contribution in [0.2, 0.25) is 0 Å². The molecule has 1 aliphatic heterocycles. The minimum atomic E-state index is 0.365. The van der Waals surface area contributed by atoms with Gasteiger partial charge in [-0.3, -0.25) is 4.68 Å². The monoisotopic (exact) mass is 349 g/mol. The Labute approximate surface area is 126 Å². The summed E-state index contributed by atoms with van der Waals surface area (Å²) in [6.07, 6.45) is 1.89. The van der Waals surface area contributed by atoms with E-state index in [0.29, 0.717) is 16.5 Å². The SMILES string of the molecule is CCNC(c1c(Br)cnn1C)C1SCCSC1C. The van der Waals surface area contributed by atoms with Crippen molar-refractivity contribution in [1.29, 1.82) is 0 Å². The van der Waals surface area contributed by atoms with Gasteiger partial charge in [-0.15, -0.1) is 0 Å². The van der Waals surface area contributed by atoms with Crippen molar-refractivity contribution >= 4 is 39.5 Å². The van der Waals surface area contributed by atoms with Gasteiger partial charge in [-0.25, -0.2) is 0 Å². The highest BCUT2D eigenvalue weighted by Gasteiger charge is 2.33. The average Bonchev–Trinajstić information content (AvgIpc) is 2.68. The van der Waals surface area contributed by atoms with Crippen molar-refractivity contribution in [2.24, 2.45) is 7.05 Å². The van der Waals surface area contributed by atoms with Gasteiger partial charge >= 0.3 is 0 Å². The van der Waals surface area contributed by atoms with Crippen molar-refractivity contribution in [2.75, 3.05) is 18.1 Å². The topological polar surface area (TPSA) is 29.9 Å². The number of hydrogen-bond donors (Lipinski definition) is 1. The molecule has 1 saturated heterocycles. The molecule has 0 aromatic carbocycles. The molecule has 0 bridgehead atoms. The molecule has 1 aromatic rings. The van der Waals surface area contributed by atoms with Gasteiger partial charge in [0.25, 0.3) is 0 Å². The van der Waals surface area contributed by atoms with Gasteiger partial charge in [-0.05, 0) is 22.5 Å². The predicted octanol–water partition coefficient (Wildman–Crippen LogP) is 3.07. The number of aryl methyl sites for hydroxylation is 1. The van der Waals surface area contributed by atoms with Crippen LogP contribution in [0.4, 0.5) is 0 Å². The summed E-state index contributed by atoms with van der Waals surface area (Å²) in [6, 6.07) is 0.365. The first-order valence-electron chi connectivity index (χ1n) is 6.29. The number of halogens is 1. The first kappa shape index (κ1) is 14.8. The summed E-state index contributed by atoms with van der Waals surface area (Å²) in [5, 5.41) is 9.28. The third-order valence-electron chi connectivity index (χ3n) is 3.22. The molecule has 6 heteroatoms. The summed E-state index contributed by atoms with van der Waals surface area (Å²) < 4.78 is 3.10. The second-order valence-electron chi connectivity index (χ2n) is 4.45. The van der Waals surface area contributed by atoms with E-state index >= 15 is 0 Å². The summed E-state index contributed by atoms with van der Waals surface area (Å²) in [5.41, 5.74) is 1.27. The van der Waals surface area contributed by atoms with Crippen LogP contribution in [0.5, 0.6) is 0 Å². The van der Waals surface area contributed by atoms with E-state index < -0.39 is 0 Å². The normalized spacial score (nSPS) is 26.2. The number of thioether (sulfide) groups is 2. The maximum atomic E-state index is 4.35. The molecule has 18 heavy (non-hydrogen) atoms. The molecule has 2 heterocycles. The summed E-state index contributed by atoms with van der Waals surface area (Å²) in [6.45, 7) is 5.50. The maximum absolute atomic E-state index is 4.35. The zero-order valence-electron chi connectivity index (χ0n) is 11.0. The van der Waals surface area contributed by atoms with Crippen LogP contribution >= 0.6 is 39.5 Å². The van der Waals surface area contributed by atoms with E-state index in [2.05, 4.69) is 63.7 Å². The maximum Gasteiger partial charge on any atom is 0.0704 e. The molecule has 3 atom stereocenters. The minimum absolute atomic E-state index is 0.365. The van der Waals surface area contributed by atoms with E-state index in [-0.39, 0.29) is 0 Å². The van der Waals surface area contributed by atoms with Crippen LogP contribution in [0.3, 0.4) is 0 Å². The van der Waals surface area contributed by atoms with Crippen LogP contribution in [0.1, 0.15) is 25.6 Å². The molecule has 1 aliphatic rings. The van der Waals surface area contributed by atoms with Gasteiger partial charge in [0.15, 0.2) is 0 Å². The molecule has 102 valence electrons. The minimum Gasteiger partial charge on any atom is -0.308 e. The molecule has 1 aromatic heterocycles. The lowest BCUT2D eigenvalue weighted by atomic mass is 10.1. The average molecular weight is 350 g/mol. The van der Waals surface area contributed by atoms with Crippen molar-refractivity contribution in [3.8, 4) is 0 Å². The van der Waals surface area contributed by atoms with Crippen LogP contribution in [0.15, 0.2) is 10.7 Å². The van der Waals surface area contributed by atoms with E-state index in [1.54, 1.807) is 0 Å². The molecule has 0 radical (unpaired) electrons. The quantitative estimate of drug-likeness (QED) is 0.904. The molecule has 2 rings (SSSR count). The molecule has 1 N–H and O–H groups in total. The Hall–Kier alpha value is 0.350. The van der Waals surface area contributed by atoms with Gasteiger partial charge in [-0.1, -0.05) is 13.8 Å². The van der Waals surface area contributed by atoms with E-state index in [1.165, 1.54) is 17.2 Å².